The van der Waals surface area contributed by atoms with Gasteiger partial charge in [-0.3, -0.25) is 14.2 Å². The number of thiazole rings is 1. The molecule has 0 radical (unpaired) electrons. The van der Waals surface area contributed by atoms with Gasteiger partial charge in [-0.15, -0.1) is 11.3 Å². The number of nitrogens with zero attached hydrogens (tertiary/aromatic N) is 3. The van der Waals surface area contributed by atoms with Crippen LogP contribution in [0.4, 0.5) is 0 Å². The standard InChI is InChI=1S/C18H19ClN4O2S/c1-10-17(15-4-11(15)9-24)23-16(25)5-14(22-18(23)26-10)8-20-7-13-3-2-12(19)6-21-13/h2-3,5-6,11,15,20,24H,4,7-9H2,1H3. The largest absolute Gasteiger partial charge is 0.396 e. The van der Waals surface area contributed by atoms with Gasteiger partial charge in [0.1, 0.15) is 0 Å². The van der Waals surface area contributed by atoms with E-state index in [0.29, 0.717) is 23.8 Å². The molecule has 0 amide bonds. The van der Waals surface area contributed by atoms with E-state index in [1.165, 1.54) is 11.3 Å². The summed E-state index contributed by atoms with van der Waals surface area (Å²) in [5.74, 6) is 0.542. The van der Waals surface area contributed by atoms with Crippen LogP contribution in [0.1, 0.15) is 34.3 Å². The molecule has 4 rings (SSSR count). The second-order valence-electron chi connectivity index (χ2n) is 6.60. The van der Waals surface area contributed by atoms with Crippen LogP contribution in [-0.4, -0.2) is 26.1 Å². The molecule has 3 aromatic rings. The average Bonchev–Trinajstić information content (AvgIpc) is 3.31. The Balaban J connectivity index is 1.52. The second-order valence-corrected chi connectivity index (χ2v) is 8.22. The fraction of sp³-hybridized carbons (Fsp3) is 0.389. The number of aliphatic hydroxyl groups is 1. The molecule has 0 saturated heterocycles. The van der Waals surface area contributed by atoms with Crippen molar-refractivity contribution in [3.05, 3.63) is 61.7 Å². The van der Waals surface area contributed by atoms with Crippen LogP contribution >= 0.6 is 22.9 Å². The number of aliphatic hydroxyl groups excluding tert-OH is 1. The maximum Gasteiger partial charge on any atom is 0.259 e. The summed E-state index contributed by atoms with van der Waals surface area (Å²) >= 11 is 7.37. The lowest BCUT2D eigenvalue weighted by Gasteiger charge is -2.05. The summed E-state index contributed by atoms with van der Waals surface area (Å²) in [6.07, 6.45) is 2.55. The van der Waals surface area contributed by atoms with Gasteiger partial charge in [0, 0.05) is 48.4 Å². The highest BCUT2D eigenvalue weighted by Gasteiger charge is 2.41. The highest BCUT2D eigenvalue weighted by Crippen LogP contribution is 2.49. The number of hydrogen-bond donors (Lipinski definition) is 2. The molecular formula is C18H19ClN4O2S. The zero-order chi connectivity index (χ0) is 18.3. The SMILES string of the molecule is Cc1sc2nc(CNCc3ccc(Cl)cn3)cc(=O)n2c1C1CC1CO. The van der Waals surface area contributed by atoms with Crippen molar-refractivity contribution in [3.8, 4) is 0 Å². The molecule has 0 spiro atoms. The molecule has 1 aliphatic rings. The van der Waals surface area contributed by atoms with Crippen LogP contribution in [0.15, 0.2) is 29.2 Å². The highest BCUT2D eigenvalue weighted by molar-refractivity contribution is 7.17. The van der Waals surface area contributed by atoms with Crippen molar-refractivity contribution in [2.24, 2.45) is 5.92 Å². The van der Waals surface area contributed by atoms with Crippen LogP contribution in [0.25, 0.3) is 4.96 Å². The molecule has 0 bridgehead atoms. The van der Waals surface area contributed by atoms with Crippen LogP contribution in [0.5, 0.6) is 0 Å². The van der Waals surface area contributed by atoms with Gasteiger partial charge in [0.15, 0.2) is 4.96 Å². The molecule has 2 atom stereocenters. The summed E-state index contributed by atoms with van der Waals surface area (Å²) in [6.45, 7) is 3.26. The van der Waals surface area contributed by atoms with Crippen LogP contribution in [0.3, 0.4) is 0 Å². The number of halogens is 1. The van der Waals surface area contributed by atoms with Gasteiger partial charge in [0.05, 0.1) is 16.4 Å². The van der Waals surface area contributed by atoms with E-state index in [-0.39, 0.29) is 24.0 Å². The fourth-order valence-electron chi connectivity index (χ4n) is 3.27. The van der Waals surface area contributed by atoms with Crippen molar-refractivity contribution in [2.45, 2.75) is 32.4 Å². The Morgan fingerprint density at radius 1 is 1.38 bits per heavy atom. The van der Waals surface area contributed by atoms with E-state index < -0.39 is 0 Å². The third kappa shape index (κ3) is 3.40. The first-order chi connectivity index (χ1) is 12.6. The summed E-state index contributed by atoms with van der Waals surface area (Å²) < 4.78 is 1.71. The van der Waals surface area contributed by atoms with E-state index >= 15 is 0 Å². The Morgan fingerprint density at radius 3 is 2.88 bits per heavy atom. The molecule has 8 heteroatoms. The third-order valence-corrected chi connectivity index (χ3v) is 5.89. The monoisotopic (exact) mass is 390 g/mol. The summed E-state index contributed by atoms with van der Waals surface area (Å²) in [6, 6.07) is 5.25. The molecule has 1 fully saturated rings. The molecule has 3 heterocycles. The molecule has 1 saturated carbocycles. The predicted octanol–water partition coefficient (Wildman–Crippen LogP) is 2.50. The lowest BCUT2D eigenvalue weighted by molar-refractivity contribution is 0.273. The minimum atomic E-state index is -0.0562. The van der Waals surface area contributed by atoms with Gasteiger partial charge < -0.3 is 10.4 Å². The summed E-state index contributed by atoms with van der Waals surface area (Å²) in [5, 5.41) is 13.2. The number of aryl methyl sites for hydroxylation is 1. The van der Waals surface area contributed by atoms with E-state index in [2.05, 4.69) is 15.3 Å². The lowest BCUT2D eigenvalue weighted by atomic mass is 10.2. The average molecular weight is 391 g/mol. The Bertz CT molecular complexity index is 999. The minimum absolute atomic E-state index is 0.0562. The normalized spacial score (nSPS) is 19.2. The number of aromatic nitrogens is 3. The Morgan fingerprint density at radius 2 is 2.19 bits per heavy atom. The quantitative estimate of drug-likeness (QED) is 0.676. The second kappa shape index (κ2) is 7.08. The lowest BCUT2D eigenvalue weighted by Crippen LogP contribution is -2.20. The van der Waals surface area contributed by atoms with E-state index in [9.17, 15) is 9.90 Å². The van der Waals surface area contributed by atoms with Gasteiger partial charge >= 0.3 is 0 Å². The third-order valence-electron chi connectivity index (χ3n) is 4.70. The zero-order valence-electron chi connectivity index (χ0n) is 14.3. The smallest absolute Gasteiger partial charge is 0.259 e. The van der Waals surface area contributed by atoms with E-state index in [1.54, 1.807) is 22.7 Å². The van der Waals surface area contributed by atoms with Crippen molar-refractivity contribution in [1.29, 1.82) is 0 Å². The van der Waals surface area contributed by atoms with Gasteiger partial charge in [-0.25, -0.2) is 4.98 Å². The van der Waals surface area contributed by atoms with Crippen molar-refractivity contribution in [3.63, 3.8) is 0 Å². The first-order valence-electron chi connectivity index (χ1n) is 8.51. The number of fused-ring (bicyclic) bond motifs is 1. The Labute approximate surface area is 159 Å². The molecule has 0 aliphatic heterocycles. The Kier molecular flexibility index (Phi) is 4.79. The first kappa shape index (κ1) is 17.6. The fourth-order valence-corrected chi connectivity index (χ4v) is 4.45. The molecule has 6 nitrogen and oxygen atoms in total. The first-order valence-corrected chi connectivity index (χ1v) is 9.70. The summed E-state index contributed by atoms with van der Waals surface area (Å²) in [7, 11) is 0. The molecule has 2 N–H and O–H groups in total. The molecule has 3 aromatic heterocycles. The number of rotatable bonds is 6. The van der Waals surface area contributed by atoms with Crippen LogP contribution in [0, 0.1) is 12.8 Å². The molecule has 1 aliphatic carbocycles. The number of hydrogen-bond acceptors (Lipinski definition) is 6. The van der Waals surface area contributed by atoms with Gasteiger partial charge in [-0.2, -0.15) is 0 Å². The van der Waals surface area contributed by atoms with Gasteiger partial charge in [0.2, 0.25) is 0 Å². The van der Waals surface area contributed by atoms with E-state index in [0.717, 1.165) is 27.6 Å². The highest BCUT2D eigenvalue weighted by atomic mass is 35.5. The maximum atomic E-state index is 12.6. The zero-order valence-corrected chi connectivity index (χ0v) is 15.8. The topological polar surface area (TPSA) is 79.5 Å². The van der Waals surface area contributed by atoms with Crippen molar-refractivity contribution in [2.75, 3.05) is 6.61 Å². The van der Waals surface area contributed by atoms with E-state index in [4.69, 9.17) is 11.6 Å². The van der Waals surface area contributed by atoms with Crippen LogP contribution < -0.4 is 10.9 Å². The van der Waals surface area contributed by atoms with Gasteiger partial charge in [-0.1, -0.05) is 11.6 Å². The predicted molar refractivity (Wildman–Crippen MR) is 102 cm³/mol. The Hall–Kier alpha value is -1.80. The van der Waals surface area contributed by atoms with Crippen LogP contribution in [0.2, 0.25) is 5.02 Å². The van der Waals surface area contributed by atoms with Gasteiger partial charge in [-0.05, 0) is 31.4 Å². The van der Waals surface area contributed by atoms with Crippen molar-refractivity contribution >= 4 is 27.9 Å². The summed E-state index contributed by atoms with van der Waals surface area (Å²) in [5.41, 5.74) is 2.56. The van der Waals surface area contributed by atoms with Crippen LogP contribution in [-0.2, 0) is 13.1 Å². The number of nitrogens with one attached hydrogen (secondary N) is 1. The maximum absolute atomic E-state index is 12.6. The van der Waals surface area contributed by atoms with Gasteiger partial charge in [0.25, 0.3) is 5.56 Å². The molecule has 2 unspecified atom stereocenters. The van der Waals surface area contributed by atoms with E-state index in [1.807, 2.05) is 13.0 Å². The molecule has 0 aromatic carbocycles. The van der Waals surface area contributed by atoms with Crippen molar-refractivity contribution < 1.29 is 5.11 Å². The molecule has 136 valence electrons. The minimum Gasteiger partial charge on any atom is -0.396 e. The molecule has 26 heavy (non-hydrogen) atoms. The van der Waals surface area contributed by atoms with Crippen molar-refractivity contribution in [1.82, 2.24) is 19.7 Å². The summed E-state index contributed by atoms with van der Waals surface area (Å²) in [4.78, 5) is 23.3. The molecular weight excluding hydrogens is 372 g/mol. The number of pyridine rings is 1.